The van der Waals surface area contributed by atoms with Gasteiger partial charge in [-0.25, -0.2) is 17.9 Å². The lowest BCUT2D eigenvalue weighted by Crippen LogP contribution is -2.41. The van der Waals surface area contributed by atoms with Crippen LogP contribution < -0.4 is 4.72 Å². The van der Waals surface area contributed by atoms with Gasteiger partial charge in [0.25, 0.3) is 5.91 Å². The third kappa shape index (κ3) is 5.43. The molecule has 0 heterocycles. The molecular weight excluding hydrogens is 392 g/mol. The zero-order chi connectivity index (χ0) is 20.2. The Kier molecular flexibility index (Phi) is 7.25. The highest BCUT2D eigenvalue weighted by molar-refractivity contribution is 7.89. The molecule has 1 N–H and O–H groups in total. The Morgan fingerprint density at radius 2 is 1.89 bits per heavy atom. The predicted octanol–water partition coefficient (Wildman–Crippen LogP) is 2.44. The van der Waals surface area contributed by atoms with Crippen molar-refractivity contribution in [2.24, 2.45) is 5.92 Å². The van der Waals surface area contributed by atoms with E-state index in [1.807, 2.05) is 0 Å². The number of carbonyl (C=O) groups is 2. The molecule has 0 aliphatic heterocycles. The summed E-state index contributed by atoms with van der Waals surface area (Å²) in [6.45, 7) is 1.78. The SMILES string of the molecule is CNS(=O)(=O)c1ccc(Cl)c(C(=O)OCC(=O)N(C)C2CCC(C)CC2)c1. The van der Waals surface area contributed by atoms with E-state index in [1.165, 1.54) is 19.2 Å². The van der Waals surface area contributed by atoms with Crippen molar-refractivity contribution in [1.82, 2.24) is 9.62 Å². The van der Waals surface area contributed by atoms with Crippen molar-refractivity contribution in [3.8, 4) is 0 Å². The average Bonchev–Trinajstić information content (AvgIpc) is 2.66. The lowest BCUT2D eigenvalue weighted by atomic mass is 9.87. The normalized spacial score (nSPS) is 20.1. The highest BCUT2D eigenvalue weighted by Gasteiger charge is 2.26. The van der Waals surface area contributed by atoms with Gasteiger partial charge in [-0.1, -0.05) is 18.5 Å². The molecule has 27 heavy (non-hydrogen) atoms. The molecule has 1 saturated carbocycles. The summed E-state index contributed by atoms with van der Waals surface area (Å²) in [5.74, 6) is -0.462. The van der Waals surface area contributed by atoms with Crippen LogP contribution in [0.1, 0.15) is 43.0 Å². The van der Waals surface area contributed by atoms with Crippen molar-refractivity contribution in [3.63, 3.8) is 0 Å². The second-order valence-electron chi connectivity index (χ2n) is 6.84. The molecule has 0 atom stereocenters. The molecule has 1 aliphatic rings. The molecule has 1 amide bonds. The summed E-state index contributed by atoms with van der Waals surface area (Å²) in [4.78, 5) is 26.1. The molecule has 150 valence electrons. The number of likely N-dealkylation sites (N-methyl/N-ethyl adjacent to an activating group) is 1. The van der Waals surface area contributed by atoms with E-state index in [-0.39, 0.29) is 27.4 Å². The summed E-state index contributed by atoms with van der Waals surface area (Å²) < 4.78 is 31.0. The fourth-order valence-electron chi connectivity index (χ4n) is 3.09. The fourth-order valence-corrected chi connectivity index (χ4v) is 4.04. The van der Waals surface area contributed by atoms with Gasteiger partial charge in [0.2, 0.25) is 10.0 Å². The molecule has 1 fully saturated rings. The number of esters is 1. The van der Waals surface area contributed by atoms with Crippen molar-refractivity contribution in [2.45, 2.75) is 43.5 Å². The van der Waals surface area contributed by atoms with Crippen LogP contribution in [-0.2, 0) is 19.6 Å². The Labute approximate surface area is 165 Å². The number of benzene rings is 1. The molecule has 0 bridgehead atoms. The number of hydrogen-bond acceptors (Lipinski definition) is 5. The number of amides is 1. The first-order chi connectivity index (χ1) is 12.7. The van der Waals surface area contributed by atoms with Crippen LogP contribution in [0.3, 0.4) is 0 Å². The number of carbonyl (C=O) groups excluding carboxylic acids is 2. The number of halogens is 1. The quantitative estimate of drug-likeness (QED) is 0.719. The van der Waals surface area contributed by atoms with Crippen LogP contribution in [0.2, 0.25) is 5.02 Å². The molecule has 0 aromatic heterocycles. The topological polar surface area (TPSA) is 92.8 Å². The molecule has 1 aromatic carbocycles. The fraction of sp³-hybridized carbons (Fsp3) is 0.556. The standard InChI is InChI=1S/C18H25ClN2O5S/c1-12-4-6-13(7-5-12)21(3)17(22)11-26-18(23)15-10-14(8-9-16(15)19)27(24,25)20-2/h8-10,12-13,20H,4-7,11H2,1-3H3. The molecule has 0 saturated heterocycles. The van der Waals surface area contributed by atoms with E-state index in [4.69, 9.17) is 16.3 Å². The summed E-state index contributed by atoms with van der Waals surface area (Å²) in [5.41, 5.74) is -0.102. The van der Waals surface area contributed by atoms with Gasteiger partial charge in [0.15, 0.2) is 6.61 Å². The molecule has 1 aromatic rings. The third-order valence-corrected chi connectivity index (χ3v) is 6.73. The van der Waals surface area contributed by atoms with Gasteiger partial charge in [-0.05, 0) is 56.8 Å². The molecule has 7 nitrogen and oxygen atoms in total. The number of nitrogens with one attached hydrogen (secondary N) is 1. The Morgan fingerprint density at radius 1 is 1.26 bits per heavy atom. The van der Waals surface area contributed by atoms with Crippen LogP contribution in [-0.4, -0.2) is 51.9 Å². The van der Waals surface area contributed by atoms with E-state index >= 15 is 0 Å². The highest BCUT2D eigenvalue weighted by Crippen LogP contribution is 2.26. The molecule has 2 rings (SSSR count). The molecule has 1 aliphatic carbocycles. The van der Waals surface area contributed by atoms with Crippen LogP contribution in [0.15, 0.2) is 23.1 Å². The molecular formula is C18H25ClN2O5S. The lowest BCUT2D eigenvalue weighted by Gasteiger charge is -2.33. The number of nitrogens with zero attached hydrogens (tertiary/aromatic N) is 1. The van der Waals surface area contributed by atoms with Gasteiger partial charge in [0.05, 0.1) is 15.5 Å². The zero-order valence-corrected chi connectivity index (χ0v) is 17.3. The number of ether oxygens (including phenoxy) is 1. The minimum absolute atomic E-state index is 0.0529. The second kappa shape index (κ2) is 9.03. The van der Waals surface area contributed by atoms with E-state index < -0.39 is 22.6 Å². The van der Waals surface area contributed by atoms with Crippen molar-refractivity contribution in [2.75, 3.05) is 20.7 Å². The Bertz CT molecular complexity index is 804. The van der Waals surface area contributed by atoms with Gasteiger partial charge in [-0.15, -0.1) is 0 Å². The molecule has 0 radical (unpaired) electrons. The first kappa shape index (κ1) is 21.7. The largest absolute Gasteiger partial charge is 0.452 e. The highest BCUT2D eigenvalue weighted by atomic mass is 35.5. The van der Waals surface area contributed by atoms with E-state index in [0.717, 1.165) is 31.7 Å². The Morgan fingerprint density at radius 3 is 2.48 bits per heavy atom. The van der Waals surface area contributed by atoms with Crippen LogP contribution >= 0.6 is 11.6 Å². The van der Waals surface area contributed by atoms with E-state index in [9.17, 15) is 18.0 Å². The van der Waals surface area contributed by atoms with Gasteiger partial charge in [0.1, 0.15) is 0 Å². The molecule has 0 spiro atoms. The van der Waals surface area contributed by atoms with Gasteiger partial charge in [-0.3, -0.25) is 4.79 Å². The maximum Gasteiger partial charge on any atom is 0.340 e. The average molecular weight is 417 g/mol. The van der Waals surface area contributed by atoms with Crippen LogP contribution in [0.4, 0.5) is 0 Å². The van der Waals surface area contributed by atoms with E-state index in [2.05, 4.69) is 11.6 Å². The van der Waals surface area contributed by atoms with Crippen molar-refractivity contribution in [3.05, 3.63) is 28.8 Å². The van der Waals surface area contributed by atoms with Crippen LogP contribution in [0, 0.1) is 5.92 Å². The summed E-state index contributed by atoms with van der Waals surface area (Å²) in [7, 11) is -0.748. The van der Waals surface area contributed by atoms with Crippen molar-refractivity contribution in [1.29, 1.82) is 0 Å². The zero-order valence-electron chi connectivity index (χ0n) is 15.7. The van der Waals surface area contributed by atoms with Gasteiger partial charge < -0.3 is 9.64 Å². The van der Waals surface area contributed by atoms with Crippen molar-refractivity contribution < 1.29 is 22.7 Å². The van der Waals surface area contributed by atoms with Crippen LogP contribution in [0.5, 0.6) is 0 Å². The monoisotopic (exact) mass is 416 g/mol. The maximum absolute atomic E-state index is 12.3. The Balaban J connectivity index is 2.01. The van der Waals surface area contributed by atoms with Crippen LogP contribution in [0.25, 0.3) is 0 Å². The van der Waals surface area contributed by atoms with Gasteiger partial charge >= 0.3 is 5.97 Å². The first-order valence-electron chi connectivity index (χ1n) is 8.81. The van der Waals surface area contributed by atoms with E-state index in [0.29, 0.717) is 5.92 Å². The minimum atomic E-state index is -3.73. The third-order valence-electron chi connectivity index (χ3n) is 4.99. The smallest absolute Gasteiger partial charge is 0.340 e. The van der Waals surface area contributed by atoms with E-state index in [1.54, 1.807) is 11.9 Å². The second-order valence-corrected chi connectivity index (χ2v) is 9.14. The Hall–Kier alpha value is -1.64. The lowest BCUT2D eigenvalue weighted by molar-refractivity contribution is -0.136. The summed E-state index contributed by atoms with van der Waals surface area (Å²) >= 11 is 5.99. The maximum atomic E-state index is 12.3. The van der Waals surface area contributed by atoms with Gasteiger partial charge in [-0.2, -0.15) is 0 Å². The number of rotatable bonds is 6. The first-order valence-corrected chi connectivity index (χ1v) is 10.7. The summed E-state index contributed by atoms with van der Waals surface area (Å²) in [6.07, 6.45) is 4.02. The molecule has 9 heteroatoms. The van der Waals surface area contributed by atoms with Gasteiger partial charge in [0, 0.05) is 13.1 Å². The predicted molar refractivity (Wildman–Crippen MR) is 102 cm³/mol. The minimum Gasteiger partial charge on any atom is -0.452 e. The summed E-state index contributed by atoms with van der Waals surface area (Å²) in [5, 5.41) is 0.0529. The summed E-state index contributed by atoms with van der Waals surface area (Å²) in [6, 6.07) is 3.88. The number of sulfonamides is 1. The number of hydrogen-bond donors (Lipinski definition) is 1. The van der Waals surface area contributed by atoms with Crippen molar-refractivity contribution >= 4 is 33.5 Å². The molecule has 0 unspecified atom stereocenters.